The fraction of sp³-hybridized carbons (Fsp3) is 0.444. The van der Waals surface area contributed by atoms with Gasteiger partial charge in [-0.25, -0.2) is 18.0 Å². The number of nitrogens with zero attached hydrogens (tertiary/aromatic N) is 1. The summed E-state index contributed by atoms with van der Waals surface area (Å²) in [4.78, 5) is 30.1. The molecule has 11 nitrogen and oxygen atoms in total. The van der Waals surface area contributed by atoms with Crippen LogP contribution in [0.5, 0.6) is 5.75 Å². The van der Waals surface area contributed by atoms with Crippen LogP contribution in [0.3, 0.4) is 0 Å². The van der Waals surface area contributed by atoms with E-state index in [2.05, 4.69) is 20.6 Å². The van der Waals surface area contributed by atoms with Gasteiger partial charge in [0.25, 0.3) is 10.0 Å². The van der Waals surface area contributed by atoms with E-state index >= 15 is 0 Å². The molecule has 3 rings (SSSR count). The Morgan fingerprint density at radius 2 is 1.85 bits per heavy atom. The molecule has 1 amide bonds. The van der Waals surface area contributed by atoms with Crippen molar-refractivity contribution >= 4 is 28.4 Å². The molecule has 0 aromatic heterocycles. The lowest BCUT2D eigenvalue weighted by molar-refractivity contribution is -0.139. The number of hydrogen-bond donors (Lipinski definition) is 4. The summed E-state index contributed by atoms with van der Waals surface area (Å²) in [6, 6.07) is 7.89. The lowest BCUT2D eigenvalue weighted by atomic mass is 9.94. The second-order valence-electron chi connectivity index (χ2n) is 10.1. The van der Waals surface area contributed by atoms with E-state index < -0.39 is 33.7 Å². The number of aliphatic imine (C=N–C) groups is 1. The molecule has 0 fully saturated rings. The molecular formula is C27H36N4O7S. The predicted octanol–water partition coefficient (Wildman–Crippen LogP) is 3.30. The molecule has 0 saturated heterocycles. The fourth-order valence-electron chi connectivity index (χ4n) is 4.46. The maximum Gasteiger partial charge on any atom is 0.408 e. The lowest BCUT2D eigenvalue weighted by Crippen LogP contribution is -2.41. The molecule has 0 aliphatic carbocycles. The van der Waals surface area contributed by atoms with Crippen molar-refractivity contribution in [3.05, 3.63) is 58.1 Å². The highest BCUT2D eigenvalue weighted by molar-refractivity contribution is 7.89. The van der Waals surface area contributed by atoms with Crippen molar-refractivity contribution in [3.8, 4) is 5.75 Å². The van der Waals surface area contributed by atoms with Gasteiger partial charge in [0.2, 0.25) is 0 Å². The van der Waals surface area contributed by atoms with Crippen LogP contribution in [0.15, 0.2) is 40.2 Å². The maximum absolute atomic E-state index is 13.1. The number of sulfonamides is 1. The topological polar surface area (TPSA) is 155 Å². The predicted molar refractivity (Wildman–Crippen MR) is 146 cm³/mol. The third-order valence-electron chi connectivity index (χ3n) is 6.49. The minimum atomic E-state index is -3.91. The van der Waals surface area contributed by atoms with E-state index in [-0.39, 0.29) is 24.5 Å². The highest BCUT2D eigenvalue weighted by atomic mass is 32.2. The largest absolute Gasteiger partial charge is 0.487 e. The Morgan fingerprint density at radius 3 is 2.51 bits per heavy atom. The van der Waals surface area contributed by atoms with Crippen molar-refractivity contribution in [2.45, 2.75) is 77.0 Å². The van der Waals surface area contributed by atoms with Gasteiger partial charge in [-0.15, -0.1) is 4.83 Å². The molecule has 1 heterocycles. The molecule has 0 bridgehead atoms. The van der Waals surface area contributed by atoms with Gasteiger partial charge < -0.3 is 19.9 Å². The summed E-state index contributed by atoms with van der Waals surface area (Å²) in [6.45, 7) is 9.57. The summed E-state index contributed by atoms with van der Waals surface area (Å²) in [5, 5.41) is 11.7. The highest BCUT2D eigenvalue weighted by Crippen LogP contribution is 2.43. The number of carbonyl (C=O) groups excluding carboxylic acids is 1. The second-order valence-corrected chi connectivity index (χ2v) is 11.7. The zero-order chi connectivity index (χ0) is 28.8. The van der Waals surface area contributed by atoms with Crippen molar-refractivity contribution in [2.75, 3.05) is 6.54 Å². The van der Waals surface area contributed by atoms with Gasteiger partial charge in [-0.1, -0.05) is 30.3 Å². The summed E-state index contributed by atoms with van der Waals surface area (Å²) in [7, 11) is -3.91. The fourth-order valence-corrected chi connectivity index (χ4v) is 5.86. The number of ether oxygens (including phenoxy) is 2. The van der Waals surface area contributed by atoms with E-state index in [0.717, 1.165) is 22.4 Å². The van der Waals surface area contributed by atoms with Gasteiger partial charge in [-0.3, -0.25) is 10.4 Å². The first kappa shape index (κ1) is 29.9. The van der Waals surface area contributed by atoms with Gasteiger partial charge in [0.1, 0.15) is 24.0 Å². The van der Waals surface area contributed by atoms with Crippen LogP contribution in [0.4, 0.5) is 4.79 Å². The van der Waals surface area contributed by atoms with Crippen LogP contribution in [0.1, 0.15) is 54.5 Å². The quantitative estimate of drug-likeness (QED) is 0.133. The van der Waals surface area contributed by atoms with Crippen LogP contribution >= 0.6 is 0 Å². The first-order valence-electron chi connectivity index (χ1n) is 12.6. The monoisotopic (exact) mass is 560 g/mol. The van der Waals surface area contributed by atoms with Gasteiger partial charge in [-0.05, 0) is 69.7 Å². The van der Waals surface area contributed by atoms with Gasteiger partial charge in [-0.2, -0.15) is 0 Å². The van der Waals surface area contributed by atoms with Crippen molar-refractivity contribution in [1.82, 2.24) is 15.6 Å². The van der Waals surface area contributed by atoms with Crippen LogP contribution in [-0.4, -0.2) is 50.1 Å². The summed E-state index contributed by atoms with van der Waals surface area (Å²) in [6.07, 6.45) is 1.44. The average Bonchev–Trinajstić information content (AvgIpc) is 3.21. The summed E-state index contributed by atoms with van der Waals surface area (Å²) in [5.74, 6) is -0.437. The third-order valence-corrected chi connectivity index (χ3v) is 8.03. The number of amides is 1. The van der Waals surface area contributed by atoms with Crippen LogP contribution in [0.2, 0.25) is 0 Å². The molecule has 0 saturated carbocycles. The molecule has 2 aromatic rings. The van der Waals surface area contributed by atoms with Crippen LogP contribution in [0.25, 0.3) is 0 Å². The number of benzene rings is 2. The molecule has 1 unspecified atom stereocenters. The van der Waals surface area contributed by atoms with Gasteiger partial charge in [0, 0.05) is 18.5 Å². The molecule has 12 heteroatoms. The SMILES string of the molecule is Cc1c(C)c(S(=O)(=O)NNC=NCCCC(NC(=O)OCc2ccccc2)C(=O)O)c(C)c2c1OC(C)(C)C2. The van der Waals surface area contributed by atoms with E-state index in [0.29, 0.717) is 24.0 Å². The van der Waals surface area contributed by atoms with Crippen LogP contribution in [-0.2, 0) is 32.6 Å². The van der Waals surface area contributed by atoms with E-state index in [1.165, 1.54) is 6.34 Å². The molecule has 0 spiro atoms. The Morgan fingerprint density at radius 1 is 1.15 bits per heavy atom. The summed E-state index contributed by atoms with van der Waals surface area (Å²) < 4.78 is 37.3. The summed E-state index contributed by atoms with van der Waals surface area (Å²) >= 11 is 0. The molecule has 39 heavy (non-hydrogen) atoms. The molecule has 1 aliphatic heterocycles. The number of aliphatic carboxylic acids is 1. The number of rotatable bonds is 12. The zero-order valence-corrected chi connectivity index (χ0v) is 23.6. The van der Waals surface area contributed by atoms with Crippen LogP contribution in [0, 0.1) is 20.8 Å². The van der Waals surface area contributed by atoms with Gasteiger partial charge in [0.15, 0.2) is 0 Å². The number of hydrogen-bond acceptors (Lipinski definition) is 7. The molecule has 4 N–H and O–H groups in total. The van der Waals surface area contributed by atoms with Gasteiger partial charge in [0.05, 0.1) is 11.2 Å². The molecule has 2 aromatic carbocycles. The number of carboxylic acid groups (broad SMARTS) is 1. The van der Waals surface area contributed by atoms with Crippen molar-refractivity contribution in [1.29, 1.82) is 0 Å². The molecule has 1 atom stereocenters. The highest BCUT2D eigenvalue weighted by Gasteiger charge is 2.36. The Labute approximate surface area is 229 Å². The molecule has 0 radical (unpaired) electrons. The number of fused-ring (bicyclic) bond motifs is 1. The molecule has 212 valence electrons. The Hall–Kier alpha value is -3.64. The van der Waals surface area contributed by atoms with Crippen LogP contribution < -0.4 is 20.3 Å². The average molecular weight is 561 g/mol. The maximum atomic E-state index is 13.1. The third kappa shape index (κ3) is 7.70. The van der Waals surface area contributed by atoms with Crippen molar-refractivity contribution in [2.24, 2.45) is 4.99 Å². The van der Waals surface area contributed by atoms with Crippen molar-refractivity contribution < 1.29 is 32.6 Å². The zero-order valence-electron chi connectivity index (χ0n) is 22.8. The Kier molecular flexibility index (Phi) is 9.57. The smallest absolute Gasteiger partial charge is 0.408 e. The number of alkyl carbamates (subject to hydrolysis) is 1. The number of carboxylic acids is 1. The van der Waals surface area contributed by atoms with E-state index in [1.807, 2.05) is 39.0 Å². The minimum Gasteiger partial charge on any atom is -0.487 e. The van der Waals surface area contributed by atoms with Crippen molar-refractivity contribution in [3.63, 3.8) is 0 Å². The van der Waals surface area contributed by atoms with E-state index in [9.17, 15) is 23.1 Å². The number of nitrogens with one attached hydrogen (secondary N) is 3. The first-order chi connectivity index (χ1) is 18.3. The molecular weight excluding hydrogens is 524 g/mol. The summed E-state index contributed by atoms with van der Waals surface area (Å²) in [5.41, 5.74) is 5.83. The normalized spacial score (nSPS) is 14.9. The Balaban J connectivity index is 1.48. The van der Waals surface area contributed by atoms with E-state index in [4.69, 9.17) is 9.47 Å². The lowest BCUT2D eigenvalue weighted by Gasteiger charge is -2.19. The standard InChI is InChI=1S/C27H36N4O7S/c1-17-18(2)24(19(3)21-14-27(4,5)38-23(17)21)39(35,36)31-29-16-28-13-9-12-22(25(32)33)30-26(34)37-15-20-10-7-6-8-11-20/h6-8,10-11,16,22,31H,9,12-15H2,1-5H3,(H,28,29)(H,30,34)(H,32,33). The number of carbonyl (C=O) groups is 2. The first-order valence-corrected chi connectivity index (χ1v) is 14.1. The number of hydrazine groups is 1. The van der Waals surface area contributed by atoms with Gasteiger partial charge >= 0.3 is 12.1 Å². The molecule has 1 aliphatic rings. The van der Waals surface area contributed by atoms with E-state index in [1.54, 1.807) is 26.0 Å². The minimum absolute atomic E-state index is 0.0285. The Bertz CT molecular complexity index is 1340. The second kappa shape index (κ2) is 12.5.